The second-order valence-corrected chi connectivity index (χ2v) is 5.79. The van der Waals surface area contributed by atoms with E-state index in [9.17, 15) is 14.7 Å². The third-order valence-corrected chi connectivity index (χ3v) is 4.17. The van der Waals surface area contributed by atoms with E-state index in [4.69, 9.17) is 11.5 Å². The number of amides is 2. The number of imide groups is 1. The molecule has 1 atom stereocenters. The SMILES string of the molecule is NCCC(N)CCN1C(=O)c2cccc3cc(O)cc(c23)C1=O. The van der Waals surface area contributed by atoms with Gasteiger partial charge in [-0.1, -0.05) is 12.1 Å². The molecule has 2 amide bonds. The molecule has 0 radical (unpaired) electrons. The van der Waals surface area contributed by atoms with Gasteiger partial charge in [-0.15, -0.1) is 0 Å². The van der Waals surface area contributed by atoms with Crippen LogP contribution < -0.4 is 11.5 Å². The summed E-state index contributed by atoms with van der Waals surface area (Å²) < 4.78 is 0. The maximum atomic E-state index is 12.7. The van der Waals surface area contributed by atoms with E-state index >= 15 is 0 Å². The Labute approximate surface area is 133 Å². The molecule has 0 fully saturated rings. The molecule has 0 saturated heterocycles. The Morgan fingerprint density at radius 1 is 1.09 bits per heavy atom. The molecule has 3 rings (SSSR count). The molecule has 23 heavy (non-hydrogen) atoms. The van der Waals surface area contributed by atoms with E-state index in [0.29, 0.717) is 41.3 Å². The fourth-order valence-electron chi connectivity index (χ4n) is 3.00. The third kappa shape index (κ3) is 2.67. The number of nitrogens with two attached hydrogens (primary N) is 2. The highest BCUT2D eigenvalue weighted by molar-refractivity contribution is 6.25. The maximum Gasteiger partial charge on any atom is 0.261 e. The molecule has 0 spiro atoms. The van der Waals surface area contributed by atoms with Crippen molar-refractivity contribution in [2.75, 3.05) is 13.1 Å². The average Bonchev–Trinajstić information content (AvgIpc) is 2.52. The van der Waals surface area contributed by atoms with Crippen molar-refractivity contribution in [2.24, 2.45) is 11.5 Å². The fourth-order valence-corrected chi connectivity index (χ4v) is 3.00. The molecule has 120 valence electrons. The summed E-state index contributed by atoms with van der Waals surface area (Å²) in [6.07, 6.45) is 1.14. The minimum absolute atomic E-state index is 0.00660. The smallest absolute Gasteiger partial charge is 0.261 e. The number of nitrogens with zero attached hydrogens (tertiary/aromatic N) is 1. The summed E-state index contributed by atoms with van der Waals surface area (Å²) >= 11 is 0. The third-order valence-electron chi connectivity index (χ3n) is 4.17. The average molecular weight is 313 g/mol. The van der Waals surface area contributed by atoms with Gasteiger partial charge in [-0.2, -0.15) is 0 Å². The van der Waals surface area contributed by atoms with E-state index in [-0.39, 0.29) is 24.2 Å². The molecule has 0 saturated carbocycles. The molecule has 0 aliphatic carbocycles. The summed E-state index contributed by atoms with van der Waals surface area (Å²) in [4.78, 5) is 26.5. The first-order valence-corrected chi connectivity index (χ1v) is 7.60. The first kappa shape index (κ1) is 15.5. The molecule has 2 aromatic rings. The standard InChI is InChI=1S/C17H19N3O3/c18-6-4-11(19)5-7-20-16(22)13-3-1-2-10-8-12(21)9-14(15(10)13)17(20)23/h1-3,8-9,11,21H,4-7,18-19H2. The van der Waals surface area contributed by atoms with Crippen molar-refractivity contribution in [1.29, 1.82) is 0 Å². The van der Waals surface area contributed by atoms with Crippen LogP contribution in [0.15, 0.2) is 30.3 Å². The molecule has 5 N–H and O–H groups in total. The van der Waals surface area contributed by atoms with Crippen LogP contribution in [-0.4, -0.2) is 41.0 Å². The Kier molecular flexibility index (Phi) is 4.02. The number of carbonyl (C=O) groups is 2. The number of rotatable bonds is 5. The van der Waals surface area contributed by atoms with E-state index < -0.39 is 5.91 Å². The van der Waals surface area contributed by atoms with E-state index in [1.807, 2.05) is 0 Å². The molecule has 1 aliphatic rings. The highest BCUT2D eigenvalue weighted by atomic mass is 16.3. The Balaban J connectivity index is 1.98. The second kappa shape index (κ2) is 5.98. The number of hydrogen-bond donors (Lipinski definition) is 3. The van der Waals surface area contributed by atoms with E-state index in [2.05, 4.69) is 0 Å². The zero-order valence-corrected chi connectivity index (χ0v) is 12.7. The summed E-state index contributed by atoms with van der Waals surface area (Å²) in [7, 11) is 0. The first-order valence-electron chi connectivity index (χ1n) is 7.60. The lowest BCUT2D eigenvalue weighted by Gasteiger charge is -2.28. The molecule has 1 unspecified atom stereocenters. The molecule has 6 heteroatoms. The van der Waals surface area contributed by atoms with Crippen LogP contribution in [0, 0.1) is 0 Å². The molecule has 1 heterocycles. The molecular formula is C17H19N3O3. The highest BCUT2D eigenvalue weighted by Gasteiger charge is 2.33. The van der Waals surface area contributed by atoms with Gasteiger partial charge in [0.1, 0.15) is 5.75 Å². The first-order chi connectivity index (χ1) is 11.0. The van der Waals surface area contributed by atoms with Crippen LogP contribution in [0.5, 0.6) is 5.75 Å². The summed E-state index contributed by atoms with van der Waals surface area (Å²) in [6, 6.07) is 8.03. The van der Waals surface area contributed by atoms with Crippen molar-refractivity contribution < 1.29 is 14.7 Å². The fraction of sp³-hybridized carbons (Fsp3) is 0.294. The second-order valence-electron chi connectivity index (χ2n) is 5.79. The zero-order valence-electron chi connectivity index (χ0n) is 12.7. The molecule has 2 aromatic carbocycles. The normalized spacial score (nSPS) is 15.3. The van der Waals surface area contributed by atoms with Crippen molar-refractivity contribution in [3.05, 3.63) is 41.5 Å². The van der Waals surface area contributed by atoms with Gasteiger partial charge in [-0.25, -0.2) is 0 Å². The monoisotopic (exact) mass is 313 g/mol. The summed E-state index contributed by atoms with van der Waals surface area (Å²) in [5, 5.41) is 11.1. The number of benzene rings is 2. The van der Waals surface area contributed by atoms with Gasteiger partial charge in [-0.05, 0) is 43.0 Å². The molecule has 0 aromatic heterocycles. The lowest BCUT2D eigenvalue weighted by atomic mass is 9.93. The summed E-state index contributed by atoms with van der Waals surface area (Å²) in [6.45, 7) is 0.712. The van der Waals surface area contributed by atoms with Gasteiger partial charge in [0.2, 0.25) is 0 Å². The molecule has 0 bridgehead atoms. The van der Waals surface area contributed by atoms with Gasteiger partial charge in [0.05, 0.1) is 5.56 Å². The van der Waals surface area contributed by atoms with Crippen molar-refractivity contribution in [3.63, 3.8) is 0 Å². The van der Waals surface area contributed by atoms with E-state index in [1.54, 1.807) is 24.3 Å². The van der Waals surface area contributed by atoms with Crippen LogP contribution in [0.2, 0.25) is 0 Å². The van der Waals surface area contributed by atoms with Gasteiger partial charge in [0.15, 0.2) is 0 Å². The number of phenolic OH excluding ortho intramolecular Hbond substituents is 1. The number of carbonyl (C=O) groups excluding carboxylic acids is 2. The van der Waals surface area contributed by atoms with Gasteiger partial charge < -0.3 is 16.6 Å². The molecular weight excluding hydrogens is 294 g/mol. The van der Waals surface area contributed by atoms with E-state index in [0.717, 1.165) is 0 Å². The maximum absolute atomic E-state index is 12.7. The minimum atomic E-state index is -0.394. The lowest BCUT2D eigenvalue weighted by Crippen LogP contribution is -2.42. The molecule has 1 aliphatic heterocycles. The topological polar surface area (TPSA) is 110 Å². The Hall–Kier alpha value is -2.44. The van der Waals surface area contributed by atoms with Gasteiger partial charge in [-0.3, -0.25) is 14.5 Å². The zero-order chi connectivity index (χ0) is 16.6. The Morgan fingerprint density at radius 2 is 1.83 bits per heavy atom. The van der Waals surface area contributed by atoms with Crippen LogP contribution in [0.1, 0.15) is 33.6 Å². The number of hydrogen-bond acceptors (Lipinski definition) is 5. The van der Waals surface area contributed by atoms with Crippen molar-refractivity contribution in [3.8, 4) is 5.75 Å². The van der Waals surface area contributed by atoms with Crippen LogP contribution in [0.4, 0.5) is 0 Å². The predicted molar refractivity (Wildman–Crippen MR) is 87.2 cm³/mol. The molecule has 6 nitrogen and oxygen atoms in total. The van der Waals surface area contributed by atoms with Gasteiger partial charge in [0, 0.05) is 23.5 Å². The minimum Gasteiger partial charge on any atom is -0.508 e. The van der Waals surface area contributed by atoms with Crippen LogP contribution in [0.25, 0.3) is 10.8 Å². The van der Waals surface area contributed by atoms with Crippen LogP contribution in [0.3, 0.4) is 0 Å². The van der Waals surface area contributed by atoms with Gasteiger partial charge in [0.25, 0.3) is 11.8 Å². The quantitative estimate of drug-likeness (QED) is 0.719. The van der Waals surface area contributed by atoms with Gasteiger partial charge >= 0.3 is 0 Å². The predicted octanol–water partition coefficient (Wildman–Crippen LogP) is 1.21. The highest BCUT2D eigenvalue weighted by Crippen LogP contribution is 2.33. The van der Waals surface area contributed by atoms with E-state index in [1.165, 1.54) is 11.0 Å². The van der Waals surface area contributed by atoms with Crippen molar-refractivity contribution in [2.45, 2.75) is 18.9 Å². The summed E-state index contributed by atoms with van der Waals surface area (Å²) in [5.74, 6) is -0.708. The van der Waals surface area contributed by atoms with Crippen LogP contribution >= 0.6 is 0 Å². The largest absolute Gasteiger partial charge is 0.508 e. The number of aromatic hydroxyl groups is 1. The van der Waals surface area contributed by atoms with Crippen molar-refractivity contribution >= 4 is 22.6 Å². The van der Waals surface area contributed by atoms with Crippen molar-refractivity contribution in [1.82, 2.24) is 4.90 Å². The van der Waals surface area contributed by atoms with Crippen LogP contribution in [-0.2, 0) is 0 Å². The Morgan fingerprint density at radius 3 is 2.57 bits per heavy atom. The summed E-state index contributed by atoms with van der Waals surface area (Å²) in [5.41, 5.74) is 12.2. The lowest BCUT2D eigenvalue weighted by molar-refractivity contribution is 0.0606. The number of phenols is 1. The Bertz CT molecular complexity index is 788.